The van der Waals surface area contributed by atoms with E-state index in [9.17, 15) is 9.59 Å². The lowest BCUT2D eigenvalue weighted by Gasteiger charge is -2.18. The van der Waals surface area contributed by atoms with Crippen molar-refractivity contribution in [3.05, 3.63) is 47.5 Å². The summed E-state index contributed by atoms with van der Waals surface area (Å²) in [4.78, 5) is 25.1. The number of carbonyl (C=O) groups is 2. The number of hydrogen-bond acceptors (Lipinski definition) is 6. The van der Waals surface area contributed by atoms with Crippen molar-refractivity contribution >= 4 is 17.6 Å². The minimum Gasteiger partial charge on any atom is -0.490 e. The molecule has 0 radical (unpaired) electrons. The number of benzene rings is 2. The number of hydrogen-bond donors (Lipinski definition) is 1. The Hall–Kier alpha value is -3.22. The maximum absolute atomic E-state index is 12.7. The normalized spacial score (nSPS) is 11.4. The first-order valence-corrected chi connectivity index (χ1v) is 10.0. The lowest BCUT2D eigenvalue weighted by atomic mass is 10.1. The number of esters is 1. The van der Waals surface area contributed by atoms with Gasteiger partial charge in [-0.1, -0.05) is 12.1 Å². The van der Waals surface area contributed by atoms with E-state index in [0.717, 1.165) is 5.56 Å². The highest BCUT2D eigenvalue weighted by molar-refractivity contribution is 5.97. The van der Waals surface area contributed by atoms with Crippen LogP contribution < -0.4 is 19.5 Å². The molecule has 0 bridgehead atoms. The van der Waals surface area contributed by atoms with Crippen molar-refractivity contribution in [2.45, 2.75) is 40.7 Å². The molecule has 1 atom stereocenters. The van der Waals surface area contributed by atoms with Gasteiger partial charge in [0, 0.05) is 5.69 Å². The summed E-state index contributed by atoms with van der Waals surface area (Å²) >= 11 is 0. The average Bonchev–Trinajstić information content (AvgIpc) is 2.70. The topological polar surface area (TPSA) is 83.1 Å². The van der Waals surface area contributed by atoms with Gasteiger partial charge < -0.3 is 24.3 Å². The summed E-state index contributed by atoms with van der Waals surface area (Å²) < 4.78 is 22.2. The Morgan fingerprint density at radius 1 is 0.933 bits per heavy atom. The van der Waals surface area contributed by atoms with Crippen LogP contribution in [0.25, 0.3) is 0 Å². The third kappa shape index (κ3) is 6.14. The highest BCUT2D eigenvalue weighted by Crippen LogP contribution is 2.39. The first-order valence-electron chi connectivity index (χ1n) is 10.0. The van der Waals surface area contributed by atoms with Gasteiger partial charge in [-0.25, -0.2) is 4.79 Å². The van der Waals surface area contributed by atoms with E-state index in [1.54, 1.807) is 6.07 Å². The van der Waals surface area contributed by atoms with E-state index in [2.05, 4.69) is 5.32 Å². The van der Waals surface area contributed by atoms with Crippen LogP contribution in [-0.2, 0) is 9.53 Å². The van der Waals surface area contributed by atoms with E-state index >= 15 is 0 Å². The molecule has 0 spiro atoms. The SMILES string of the molecule is CCOc1cc(C(=O)O[C@@H](C)C(=O)Nc2cccc(C)c2)cc(OCC)c1OCC. The van der Waals surface area contributed by atoms with Crippen molar-refractivity contribution in [3.8, 4) is 17.2 Å². The molecule has 0 aliphatic carbocycles. The Bertz CT molecular complexity index is 853. The smallest absolute Gasteiger partial charge is 0.339 e. The van der Waals surface area contributed by atoms with E-state index in [0.29, 0.717) is 42.8 Å². The molecule has 0 aromatic heterocycles. The van der Waals surface area contributed by atoms with E-state index in [1.807, 2.05) is 45.9 Å². The number of ether oxygens (including phenoxy) is 4. The van der Waals surface area contributed by atoms with Crippen molar-refractivity contribution in [2.24, 2.45) is 0 Å². The summed E-state index contributed by atoms with van der Waals surface area (Å²) in [6.07, 6.45) is -0.990. The molecule has 0 fully saturated rings. The van der Waals surface area contributed by atoms with E-state index < -0.39 is 18.0 Å². The van der Waals surface area contributed by atoms with E-state index in [1.165, 1.54) is 19.1 Å². The predicted molar refractivity (Wildman–Crippen MR) is 115 cm³/mol. The molecular weight excluding hydrogens is 386 g/mol. The Morgan fingerprint density at radius 3 is 2.07 bits per heavy atom. The zero-order valence-electron chi connectivity index (χ0n) is 18.1. The molecule has 7 heteroatoms. The molecule has 0 aliphatic rings. The Morgan fingerprint density at radius 2 is 1.53 bits per heavy atom. The number of aryl methyl sites for hydroxylation is 1. The summed E-state index contributed by atoms with van der Waals surface area (Å²) in [5, 5.41) is 2.74. The zero-order valence-corrected chi connectivity index (χ0v) is 18.1. The number of carbonyl (C=O) groups excluding carboxylic acids is 2. The first-order chi connectivity index (χ1) is 14.4. The summed E-state index contributed by atoms with van der Waals surface area (Å²) in [6.45, 7) is 10.2. The minimum atomic E-state index is -0.990. The van der Waals surface area contributed by atoms with Crippen LogP contribution in [0.15, 0.2) is 36.4 Å². The van der Waals surface area contributed by atoms with E-state index in [-0.39, 0.29) is 5.56 Å². The van der Waals surface area contributed by atoms with Crippen molar-refractivity contribution in [3.63, 3.8) is 0 Å². The lowest BCUT2D eigenvalue weighted by molar-refractivity contribution is -0.123. The fourth-order valence-corrected chi connectivity index (χ4v) is 2.76. The van der Waals surface area contributed by atoms with E-state index in [4.69, 9.17) is 18.9 Å². The summed E-state index contributed by atoms with van der Waals surface area (Å²) in [7, 11) is 0. The molecule has 0 saturated heterocycles. The quantitative estimate of drug-likeness (QED) is 0.580. The van der Waals surface area contributed by atoms with Crippen LogP contribution >= 0.6 is 0 Å². The largest absolute Gasteiger partial charge is 0.490 e. The Balaban J connectivity index is 2.18. The van der Waals surface area contributed by atoms with Gasteiger partial charge in [0.25, 0.3) is 5.91 Å². The molecule has 2 aromatic rings. The predicted octanol–water partition coefficient (Wildman–Crippen LogP) is 4.38. The van der Waals surface area contributed by atoms with Crippen LogP contribution in [0.5, 0.6) is 17.2 Å². The van der Waals surface area contributed by atoms with Crippen LogP contribution in [0.3, 0.4) is 0 Å². The van der Waals surface area contributed by atoms with Gasteiger partial charge in [0.15, 0.2) is 17.6 Å². The third-order valence-electron chi connectivity index (χ3n) is 4.08. The second-order valence-electron chi connectivity index (χ2n) is 6.51. The molecule has 0 saturated carbocycles. The molecule has 7 nitrogen and oxygen atoms in total. The molecular formula is C23H29NO6. The summed E-state index contributed by atoms with van der Waals surface area (Å²) in [5.41, 5.74) is 1.86. The monoisotopic (exact) mass is 415 g/mol. The van der Waals surface area contributed by atoms with Gasteiger partial charge in [0.2, 0.25) is 5.75 Å². The molecule has 2 aromatic carbocycles. The Labute approximate surface area is 177 Å². The number of anilines is 1. The molecule has 30 heavy (non-hydrogen) atoms. The maximum Gasteiger partial charge on any atom is 0.339 e. The van der Waals surface area contributed by atoms with Crippen molar-refractivity contribution < 1.29 is 28.5 Å². The third-order valence-corrected chi connectivity index (χ3v) is 4.08. The standard InChI is InChI=1S/C23H29NO6/c1-6-27-19-13-17(14-20(28-7-2)21(19)29-8-3)23(26)30-16(5)22(25)24-18-11-9-10-15(4)12-18/h9-14,16H,6-8H2,1-5H3,(H,24,25)/t16-/m0/s1. The minimum absolute atomic E-state index is 0.209. The second kappa shape index (κ2) is 11.1. The molecule has 1 amide bonds. The summed E-state index contributed by atoms with van der Waals surface area (Å²) in [6, 6.07) is 10.4. The van der Waals surface area contributed by atoms with Crippen molar-refractivity contribution in [1.29, 1.82) is 0 Å². The molecule has 162 valence electrons. The molecule has 2 rings (SSSR count). The van der Waals surface area contributed by atoms with Crippen molar-refractivity contribution in [1.82, 2.24) is 0 Å². The average molecular weight is 415 g/mol. The van der Waals surface area contributed by atoms with Crippen molar-refractivity contribution in [2.75, 3.05) is 25.1 Å². The van der Waals surface area contributed by atoms with Crippen LogP contribution in [0.2, 0.25) is 0 Å². The first kappa shape index (κ1) is 23.1. The number of rotatable bonds is 10. The fraction of sp³-hybridized carbons (Fsp3) is 0.391. The molecule has 0 unspecified atom stereocenters. The van der Waals surface area contributed by atoms with Gasteiger partial charge in [-0.3, -0.25) is 4.79 Å². The number of nitrogens with one attached hydrogen (secondary N) is 1. The molecule has 0 aliphatic heterocycles. The number of amides is 1. The molecule has 1 N–H and O–H groups in total. The molecule has 0 heterocycles. The van der Waals surface area contributed by atoms with Crippen LogP contribution in [-0.4, -0.2) is 37.8 Å². The van der Waals surface area contributed by atoms with Gasteiger partial charge in [-0.05, 0) is 64.4 Å². The van der Waals surface area contributed by atoms with Crippen LogP contribution in [0, 0.1) is 6.92 Å². The fourth-order valence-electron chi connectivity index (χ4n) is 2.76. The zero-order chi connectivity index (χ0) is 22.1. The Kier molecular flexibility index (Phi) is 8.53. The second-order valence-corrected chi connectivity index (χ2v) is 6.51. The van der Waals surface area contributed by atoms with Gasteiger partial charge in [0.1, 0.15) is 0 Å². The van der Waals surface area contributed by atoms with Crippen LogP contribution in [0.1, 0.15) is 43.6 Å². The van der Waals surface area contributed by atoms with Gasteiger partial charge in [-0.2, -0.15) is 0 Å². The lowest BCUT2D eigenvalue weighted by Crippen LogP contribution is -2.30. The van der Waals surface area contributed by atoms with Gasteiger partial charge in [-0.15, -0.1) is 0 Å². The van der Waals surface area contributed by atoms with Gasteiger partial charge in [0.05, 0.1) is 25.4 Å². The van der Waals surface area contributed by atoms with Crippen LogP contribution in [0.4, 0.5) is 5.69 Å². The highest BCUT2D eigenvalue weighted by Gasteiger charge is 2.23. The highest BCUT2D eigenvalue weighted by atomic mass is 16.6. The maximum atomic E-state index is 12.7. The summed E-state index contributed by atoms with van der Waals surface area (Å²) in [5.74, 6) is 0.119. The van der Waals surface area contributed by atoms with Gasteiger partial charge >= 0.3 is 5.97 Å².